The number of hydrogen-bond donors (Lipinski definition) is 0. The van der Waals surface area contributed by atoms with Gasteiger partial charge in [-0.15, -0.1) is 0 Å². The van der Waals surface area contributed by atoms with Gasteiger partial charge in [0.2, 0.25) is 4.38 Å². The molecule has 0 saturated heterocycles. The van der Waals surface area contributed by atoms with Crippen LogP contribution in [0.5, 0.6) is 0 Å². The van der Waals surface area contributed by atoms with Crippen LogP contribution in [0.4, 0.5) is 0 Å². The molecule has 0 saturated carbocycles. The van der Waals surface area contributed by atoms with Gasteiger partial charge in [0.1, 0.15) is 6.61 Å². The standard InChI is InChI=1S/C10H9NOS2/c11-6-7-14-10(13)12-8-9-4-2-1-3-5-9/h1-5H,7-8H2. The van der Waals surface area contributed by atoms with Crippen molar-refractivity contribution in [1.82, 2.24) is 0 Å². The van der Waals surface area contributed by atoms with Gasteiger partial charge in [0, 0.05) is 0 Å². The van der Waals surface area contributed by atoms with Crippen LogP contribution in [-0.4, -0.2) is 10.1 Å². The number of thiocarbonyl (C=S) groups is 1. The molecule has 1 aromatic rings. The Hall–Kier alpha value is -1.05. The summed E-state index contributed by atoms with van der Waals surface area (Å²) in [6.45, 7) is 0.470. The quantitative estimate of drug-likeness (QED) is 0.738. The van der Waals surface area contributed by atoms with E-state index in [-0.39, 0.29) is 0 Å². The lowest BCUT2D eigenvalue weighted by molar-refractivity contribution is 0.310. The number of nitrogens with zero attached hydrogens (tertiary/aromatic N) is 1. The van der Waals surface area contributed by atoms with E-state index in [2.05, 4.69) is 0 Å². The van der Waals surface area contributed by atoms with Gasteiger partial charge in [-0.25, -0.2) is 0 Å². The van der Waals surface area contributed by atoms with E-state index in [9.17, 15) is 0 Å². The van der Waals surface area contributed by atoms with Gasteiger partial charge < -0.3 is 4.74 Å². The van der Waals surface area contributed by atoms with Crippen LogP contribution in [-0.2, 0) is 11.3 Å². The fourth-order valence-electron chi connectivity index (χ4n) is 0.849. The second kappa shape index (κ2) is 6.41. The molecule has 0 bridgehead atoms. The minimum Gasteiger partial charge on any atom is -0.474 e. The molecule has 0 heterocycles. The molecule has 0 unspecified atom stereocenters. The van der Waals surface area contributed by atoms with Gasteiger partial charge in [-0.2, -0.15) is 5.26 Å². The van der Waals surface area contributed by atoms with Crippen molar-refractivity contribution < 1.29 is 4.74 Å². The highest BCUT2D eigenvalue weighted by Gasteiger charge is 1.98. The molecule has 0 spiro atoms. The lowest BCUT2D eigenvalue weighted by Gasteiger charge is -2.04. The number of thioether (sulfide) groups is 1. The second-order valence-electron chi connectivity index (χ2n) is 2.47. The van der Waals surface area contributed by atoms with E-state index in [0.29, 0.717) is 16.7 Å². The monoisotopic (exact) mass is 223 g/mol. The molecular weight excluding hydrogens is 214 g/mol. The Kier molecular flexibility index (Phi) is 5.05. The Bertz CT molecular complexity index is 332. The van der Waals surface area contributed by atoms with Gasteiger partial charge in [0.15, 0.2) is 0 Å². The van der Waals surface area contributed by atoms with Crippen LogP contribution in [0.1, 0.15) is 5.56 Å². The summed E-state index contributed by atoms with van der Waals surface area (Å²) >= 11 is 6.15. The van der Waals surface area contributed by atoms with Crippen LogP contribution in [0.15, 0.2) is 30.3 Å². The fourth-order valence-corrected chi connectivity index (χ4v) is 1.41. The van der Waals surface area contributed by atoms with E-state index < -0.39 is 0 Å². The van der Waals surface area contributed by atoms with Crippen molar-refractivity contribution in [3.63, 3.8) is 0 Å². The number of nitriles is 1. The summed E-state index contributed by atoms with van der Waals surface area (Å²) in [5.41, 5.74) is 1.08. The van der Waals surface area contributed by atoms with Crippen molar-refractivity contribution in [1.29, 1.82) is 5.26 Å². The van der Waals surface area contributed by atoms with Crippen LogP contribution in [0.2, 0.25) is 0 Å². The zero-order valence-electron chi connectivity index (χ0n) is 7.47. The molecule has 0 aromatic heterocycles. The Morgan fingerprint density at radius 2 is 2.14 bits per heavy atom. The average molecular weight is 223 g/mol. The Balaban J connectivity index is 2.28. The predicted octanol–water partition coefficient (Wildman–Crippen LogP) is 2.74. The first-order valence-corrected chi connectivity index (χ1v) is 5.42. The maximum Gasteiger partial charge on any atom is 0.221 e. The molecule has 0 aliphatic heterocycles. The first-order chi connectivity index (χ1) is 6.83. The third-order valence-corrected chi connectivity index (χ3v) is 2.55. The molecule has 4 heteroatoms. The molecule has 14 heavy (non-hydrogen) atoms. The number of benzene rings is 1. The van der Waals surface area contributed by atoms with Crippen LogP contribution < -0.4 is 0 Å². The van der Waals surface area contributed by atoms with E-state index in [4.69, 9.17) is 22.2 Å². The summed E-state index contributed by atoms with van der Waals surface area (Å²) in [5.74, 6) is 0.341. The van der Waals surface area contributed by atoms with E-state index in [0.717, 1.165) is 5.56 Å². The van der Waals surface area contributed by atoms with E-state index in [1.807, 2.05) is 36.4 Å². The first kappa shape index (κ1) is 11.0. The summed E-state index contributed by atoms with van der Waals surface area (Å²) in [6, 6.07) is 11.8. The fraction of sp³-hybridized carbons (Fsp3) is 0.200. The van der Waals surface area contributed by atoms with E-state index in [1.54, 1.807) is 0 Å². The zero-order valence-corrected chi connectivity index (χ0v) is 9.11. The summed E-state index contributed by atoms with van der Waals surface area (Å²) < 4.78 is 5.70. The Labute approximate surface area is 92.9 Å². The molecule has 72 valence electrons. The molecule has 1 aromatic carbocycles. The SMILES string of the molecule is N#CCSC(=S)OCc1ccccc1. The molecule has 0 radical (unpaired) electrons. The van der Waals surface area contributed by atoms with Crippen LogP contribution >= 0.6 is 24.0 Å². The van der Waals surface area contributed by atoms with Crippen molar-refractivity contribution in [3.8, 4) is 6.07 Å². The molecular formula is C10H9NOS2. The highest BCUT2D eigenvalue weighted by Crippen LogP contribution is 2.08. The van der Waals surface area contributed by atoms with Crippen molar-refractivity contribution in [3.05, 3.63) is 35.9 Å². The van der Waals surface area contributed by atoms with Crippen molar-refractivity contribution in [2.24, 2.45) is 0 Å². The predicted molar refractivity (Wildman–Crippen MR) is 61.9 cm³/mol. The summed E-state index contributed by atoms with van der Waals surface area (Å²) in [7, 11) is 0. The van der Waals surface area contributed by atoms with E-state index >= 15 is 0 Å². The third-order valence-electron chi connectivity index (χ3n) is 1.45. The Morgan fingerprint density at radius 1 is 1.43 bits per heavy atom. The van der Waals surface area contributed by atoms with Gasteiger partial charge >= 0.3 is 0 Å². The average Bonchev–Trinajstić information content (AvgIpc) is 2.25. The molecule has 2 nitrogen and oxygen atoms in total. The normalized spacial score (nSPS) is 9.07. The lowest BCUT2D eigenvalue weighted by atomic mass is 10.2. The largest absolute Gasteiger partial charge is 0.474 e. The van der Waals surface area contributed by atoms with E-state index in [1.165, 1.54) is 11.8 Å². The lowest BCUT2D eigenvalue weighted by Crippen LogP contribution is -1.97. The maximum atomic E-state index is 8.31. The summed E-state index contributed by atoms with van der Waals surface area (Å²) in [4.78, 5) is 0. The summed E-state index contributed by atoms with van der Waals surface area (Å²) in [5, 5.41) is 8.31. The molecule has 0 atom stereocenters. The summed E-state index contributed by atoms with van der Waals surface area (Å²) in [6.07, 6.45) is 0. The molecule has 0 aliphatic carbocycles. The molecule has 0 amide bonds. The van der Waals surface area contributed by atoms with Crippen LogP contribution in [0.25, 0.3) is 0 Å². The third kappa shape index (κ3) is 4.26. The minimum atomic E-state index is 0.341. The van der Waals surface area contributed by atoms with Gasteiger partial charge in [-0.05, 0) is 17.8 Å². The number of hydrogen-bond acceptors (Lipinski definition) is 4. The minimum absolute atomic E-state index is 0.341. The highest BCUT2D eigenvalue weighted by atomic mass is 32.2. The smallest absolute Gasteiger partial charge is 0.221 e. The first-order valence-electron chi connectivity index (χ1n) is 4.03. The highest BCUT2D eigenvalue weighted by molar-refractivity contribution is 8.22. The van der Waals surface area contributed by atoms with Crippen molar-refractivity contribution in [2.45, 2.75) is 6.61 Å². The number of rotatable bonds is 3. The Morgan fingerprint density at radius 3 is 2.79 bits per heavy atom. The van der Waals surface area contributed by atoms with Crippen molar-refractivity contribution in [2.75, 3.05) is 5.75 Å². The second-order valence-corrected chi connectivity index (χ2v) is 4.05. The van der Waals surface area contributed by atoms with Gasteiger partial charge in [-0.1, -0.05) is 42.1 Å². The van der Waals surface area contributed by atoms with Crippen molar-refractivity contribution >= 4 is 28.4 Å². The zero-order chi connectivity index (χ0) is 10.2. The number of ether oxygens (including phenoxy) is 1. The topological polar surface area (TPSA) is 33.0 Å². The van der Waals surface area contributed by atoms with Gasteiger partial charge in [-0.3, -0.25) is 0 Å². The molecule has 0 N–H and O–H groups in total. The molecule has 0 fully saturated rings. The van der Waals surface area contributed by atoms with Crippen LogP contribution in [0, 0.1) is 11.3 Å². The van der Waals surface area contributed by atoms with Gasteiger partial charge in [0.05, 0.1) is 11.8 Å². The van der Waals surface area contributed by atoms with Crippen LogP contribution in [0.3, 0.4) is 0 Å². The molecule has 0 aliphatic rings. The maximum absolute atomic E-state index is 8.31. The van der Waals surface area contributed by atoms with Gasteiger partial charge in [0.25, 0.3) is 0 Å². The molecule has 1 rings (SSSR count).